The Kier molecular flexibility index (Phi) is 3.46. The van der Waals surface area contributed by atoms with E-state index in [1.807, 2.05) is 30.3 Å². The molecule has 0 aliphatic carbocycles. The van der Waals surface area contributed by atoms with E-state index < -0.39 is 0 Å². The Morgan fingerprint density at radius 2 is 2.00 bits per heavy atom. The van der Waals surface area contributed by atoms with Gasteiger partial charge in [-0.3, -0.25) is 4.79 Å². The van der Waals surface area contributed by atoms with Crippen molar-refractivity contribution >= 4 is 11.6 Å². The lowest BCUT2D eigenvalue weighted by Crippen LogP contribution is -2.26. The molecule has 1 rings (SSSR count). The summed E-state index contributed by atoms with van der Waals surface area (Å²) in [5.41, 5.74) is 0.848. The highest BCUT2D eigenvalue weighted by Gasteiger charge is 2.08. The number of benzene rings is 1. The summed E-state index contributed by atoms with van der Waals surface area (Å²) in [7, 11) is 1.70. The van der Waals surface area contributed by atoms with Crippen LogP contribution in [0.15, 0.2) is 30.3 Å². The van der Waals surface area contributed by atoms with Crippen LogP contribution in [-0.2, 0) is 4.79 Å². The first-order valence-corrected chi connectivity index (χ1v) is 4.18. The molecule has 1 amide bonds. The van der Waals surface area contributed by atoms with Crippen molar-refractivity contribution in [3.05, 3.63) is 30.3 Å². The second-order valence-electron chi connectivity index (χ2n) is 2.76. The number of para-hydroxylation sites is 1. The third kappa shape index (κ3) is 2.56. The maximum Gasteiger partial charge on any atom is 0.229 e. The molecular weight excluding hydrogens is 166 g/mol. The van der Waals surface area contributed by atoms with Gasteiger partial charge >= 0.3 is 0 Å². The Balaban J connectivity index is 2.68. The molecule has 0 atom stereocenters. The van der Waals surface area contributed by atoms with Crippen LogP contribution >= 0.6 is 0 Å². The fraction of sp³-hybridized carbons (Fsp3) is 0.300. The first-order chi connectivity index (χ1) is 6.25. The van der Waals surface area contributed by atoms with Gasteiger partial charge in [0.1, 0.15) is 0 Å². The quantitative estimate of drug-likeness (QED) is 0.753. The zero-order valence-corrected chi connectivity index (χ0v) is 7.60. The SMILES string of the molecule is CN(C(=O)CCO)c1ccccc1. The summed E-state index contributed by atoms with van der Waals surface area (Å²) >= 11 is 0. The molecule has 0 saturated heterocycles. The van der Waals surface area contributed by atoms with Gasteiger partial charge in [0, 0.05) is 12.7 Å². The zero-order chi connectivity index (χ0) is 9.68. The highest BCUT2D eigenvalue weighted by Crippen LogP contribution is 2.11. The average molecular weight is 179 g/mol. The van der Waals surface area contributed by atoms with Crippen molar-refractivity contribution in [1.82, 2.24) is 0 Å². The molecule has 0 spiro atoms. The minimum atomic E-state index is -0.101. The van der Waals surface area contributed by atoms with Crippen molar-refractivity contribution in [2.75, 3.05) is 18.6 Å². The Hall–Kier alpha value is -1.35. The highest BCUT2D eigenvalue weighted by molar-refractivity contribution is 5.92. The fourth-order valence-electron chi connectivity index (χ4n) is 1.06. The largest absolute Gasteiger partial charge is 0.396 e. The van der Waals surface area contributed by atoms with Crippen LogP contribution in [0, 0.1) is 0 Å². The van der Waals surface area contributed by atoms with E-state index in [4.69, 9.17) is 5.11 Å². The van der Waals surface area contributed by atoms with Crippen molar-refractivity contribution in [3.63, 3.8) is 0 Å². The van der Waals surface area contributed by atoms with E-state index >= 15 is 0 Å². The van der Waals surface area contributed by atoms with Gasteiger partial charge in [-0.15, -0.1) is 0 Å². The van der Waals surface area contributed by atoms with E-state index in [9.17, 15) is 4.79 Å². The predicted octanol–water partition coefficient (Wildman–Crippen LogP) is 1.03. The number of carbonyl (C=O) groups excluding carboxylic acids is 1. The van der Waals surface area contributed by atoms with Crippen molar-refractivity contribution in [2.24, 2.45) is 0 Å². The molecule has 0 fully saturated rings. The van der Waals surface area contributed by atoms with E-state index in [0.717, 1.165) is 5.69 Å². The topological polar surface area (TPSA) is 40.5 Å². The van der Waals surface area contributed by atoms with E-state index in [1.165, 1.54) is 4.90 Å². The molecular formula is C10H13NO2. The maximum atomic E-state index is 11.3. The van der Waals surface area contributed by atoms with Gasteiger partial charge in [-0.25, -0.2) is 0 Å². The molecule has 1 N–H and O–H groups in total. The van der Waals surface area contributed by atoms with Gasteiger partial charge in [-0.2, -0.15) is 0 Å². The Morgan fingerprint density at radius 1 is 1.38 bits per heavy atom. The first-order valence-electron chi connectivity index (χ1n) is 4.18. The van der Waals surface area contributed by atoms with E-state index in [1.54, 1.807) is 7.05 Å². The number of hydrogen-bond acceptors (Lipinski definition) is 2. The number of anilines is 1. The molecule has 0 unspecified atom stereocenters. The summed E-state index contributed by atoms with van der Waals surface area (Å²) < 4.78 is 0. The number of aliphatic hydroxyl groups excluding tert-OH is 1. The molecule has 0 aliphatic rings. The summed E-state index contributed by atoms with van der Waals surface area (Å²) in [6, 6.07) is 9.36. The van der Waals surface area contributed by atoms with E-state index in [0.29, 0.717) is 0 Å². The van der Waals surface area contributed by atoms with Crippen LogP contribution in [0.25, 0.3) is 0 Å². The van der Waals surface area contributed by atoms with E-state index in [-0.39, 0.29) is 18.9 Å². The van der Waals surface area contributed by atoms with Gasteiger partial charge in [0.25, 0.3) is 0 Å². The summed E-state index contributed by atoms with van der Waals surface area (Å²) in [6.45, 7) is -0.101. The van der Waals surface area contributed by atoms with E-state index in [2.05, 4.69) is 0 Å². The molecule has 1 aromatic carbocycles. The van der Waals surface area contributed by atoms with Gasteiger partial charge in [-0.1, -0.05) is 18.2 Å². The summed E-state index contributed by atoms with van der Waals surface area (Å²) in [4.78, 5) is 12.8. The summed E-state index contributed by atoms with van der Waals surface area (Å²) in [5.74, 6) is -0.0753. The normalized spacial score (nSPS) is 9.69. The van der Waals surface area contributed by atoms with Gasteiger partial charge in [0.05, 0.1) is 13.0 Å². The third-order valence-electron chi connectivity index (χ3n) is 1.84. The monoisotopic (exact) mass is 179 g/mol. The van der Waals surface area contributed by atoms with Crippen molar-refractivity contribution in [3.8, 4) is 0 Å². The summed E-state index contributed by atoms with van der Waals surface area (Å²) in [5, 5.41) is 8.58. The van der Waals surface area contributed by atoms with Gasteiger partial charge in [0.15, 0.2) is 0 Å². The molecule has 0 heterocycles. The number of hydrogen-bond donors (Lipinski definition) is 1. The second-order valence-corrected chi connectivity index (χ2v) is 2.76. The minimum absolute atomic E-state index is 0.0753. The molecule has 0 aromatic heterocycles. The molecule has 1 aromatic rings. The molecule has 0 saturated carbocycles. The average Bonchev–Trinajstić information content (AvgIpc) is 2.18. The molecule has 3 nitrogen and oxygen atoms in total. The summed E-state index contributed by atoms with van der Waals surface area (Å²) in [6.07, 6.45) is 0.172. The predicted molar refractivity (Wildman–Crippen MR) is 51.6 cm³/mol. The molecule has 70 valence electrons. The molecule has 0 aliphatic heterocycles. The van der Waals surface area contributed by atoms with Crippen LogP contribution in [0.5, 0.6) is 0 Å². The maximum absolute atomic E-state index is 11.3. The second kappa shape index (κ2) is 4.62. The van der Waals surface area contributed by atoms with Crippen molar-refractivity contribution in [2.45, 2.75) is 6.42 Å². The Labute approximate surface area is 77.6 Å². The Bertz CT molecular complexity index is 272. The zero-order valence-electron chi connectivity index (χ0n) is 7.60. The van der Waals surface area contributed by atoms with Crippen LogP contribution < -0.4 is 4.90 Å². The van der Waals surface area contributed by atoms with Crippen LogP contribution in [0.2, 0.25) is 0 Å². The van der Waals surface area contributed by atoms with Crippen molar-refractivity contribution < 1.29 is 9.90 Å². The van der Waals surface area contributed by atoms with Crippen LogP contribution in [0.4, 0.5) is 5.69 Å². The minimum Gasteiger partial charge on any atom is -0.396 e. The van der Waals surface area contributed by atoms with Crippen LogP contribution in [-0.4, -0.2) is 24.7 Å². The van der Waals surface area contributed by atoms with Crippen molar-refractivity contribution in [1.29, 1.82) is 0 Å². The number of aliphatic hydroxyl groups is 1. The number of nitrogens with zero attached hydrogens (tertiary/aromatic N) is 1. The number of amides is 1. The van der Waals surface area contributed by atoms with Gasteiger partial charge < -0.3 is 10.0 Å². The Morgan fingerprint density at radius 3 is 2.54 bits per heavy atom. The molecule has 0 radical (unpaired) electrons. The van der Waals surface area contributed by atoms with Crippen LogP contribution in [0.1, 0.15) is 6.42 Å². The standard InChI is InChI=1S/C10H13NO2/c1-11(10(13)7-8-12)9-5-3-2-4-6-9/h2-6,12H,7-8H2,1H3. The molecule has 0 bridgehead atoms. The van der Waals surface area contributed by atoms with Gasteiger partial charge in [0.2, 0.25) is 5.91 Å². The van der Waals surface area contributed by atoms with Crippen LogP contribution in [0.3, 0.4) is 0 Å². The first kappa shape index (κ1) is 9.74. The smallest absolute Gasteiger partial charge is 0.229 e. The number of carbonyl (C=O) groups is 1. The lowest BCUT2D eigenvalue weighted by Gasteiger charge is -2.16. The lowest BCUT2D eigenvalue weighted by molar-refractivity contribution is -0.118. The molecule has 13 heavy (non-hydrogen) atoms. The fourth-order valence-corrected chi connectivity index (χ4v) is 1.06. The molecule has 3 heteroatoms. The number of rotatable bonds is 3. The third-order valence-corrected chi connectivity index (χ3v) is 1.84. The lowest BCUT2D eigenvalue weighted by atomic mass is 10.3. The van der Waals surface area contributed by atoms with Gasteiger partial charge in [-0.05, 0) is 12.1 Å². The highest BCUT2D eigenvalue weighted by atomic mass is 16.3.